The number of phenolic OH excluding ortho intramolecular Hbond substituents is 1. The maximum atomic E-state index is 15.0. The zero-order valence-corrected chi connectivity index (χ0v) is 35.9. The Bertz CT molecular complexity index is 2930. The van der Waals surface area contributed by atoms with E-state index >= 15 is 4.79 Å². The van der Waals surface area contributed by atoms with Gasteiger partial charge in [-0.3, -0.25) is 9.59 Å². The average molecular weight is 882 g/mol. The summed E-state index contributed by atoms with van der Waals surface area (Å²) in [6.45, 7) is 1.69. The number of nitrogens with one attached hydrogen (secondary N) is 2. The molecular weight excluding hydrogens is 831 g/mol. The molecule has 8 N–H and O–H groups in total. The van der Waals surface area contributed by atoms with Crippen molar-refractivity contribution in [2.24, 2.45) is 16.2 Å². The highest BCUT2D eigenvalue weighted by Gasteiger charge is 2.76. The summed E-state index contributed by atoms with van der Waals surface area (Å²) in [6, 6.07) is 8.05. The van der Waals surface area contributed by atoms with Crippen LogP contribution in [0.25, 0.3) is 16.3 Å². The van der Waals surface area contributed by atoms with Crippen LogP contribution in [0, 0.1) is 23.2 Å². The number of benzene rings is 2. The first-order valence-corrected chi connectivity index (χ1v) is 23.3. The number of rotatable bonds is 2. The minimum atomic E-state index is -2.45. The second kappa shape index (κ2) is 13.0. The van der Waals surface area contributed by atoms with E-state index in [2.05, 4.69) is 10.3 Å². The summed E-state index contributed by atoms with van der Waals surface area (Å²) < 4.78 is 14.4. The molecule has 10 atom stereocenters. The van der Waals surface area contributed by atoms with Crippen LogP contribution in [-0.4, -0.2) is 107 Å². The van der Waals surface area contributed by atoms with Crippen molar-refractivity contribution in [3.8, 4) is 11.5 Å². The molecule has 5 spiro atoms. The molecule has 0 amide bonds. The van der Waals surface area contributed by atoms with Gasteiger partial charge in [0.15, 0.2) is 17.5 Å². The van der Waals surface area contributed by atoms with Gasteiger partial charge in [-0.2, -0.15) is 0 Å². The van der Waals surface area contributed by atoms with Crippen molar-refractivity contribution in [1.82, 2.24) is 9.97 Å². The van der Waals surface area contributed by atoms with Crippen LogP contribution in [0.4, 0.5) is 5.82 Å². The predicted octanol–water partition coefficient (Wildman–Crippen LogP) is 4.96. The number of pyridine rings is 1. The number of aromatic amines is 1. The largest absolute Gasteiger partial charge is 0.507 e. The summed E-state index contributed by atoms with van der Waals surface area (Å²) in [5.41, 5.74) is -0.384. The molecule has 4 aliphatic heterocycles. The number of aromatic hydroxyl groups is 1. The fraction of sp³-hybridized carbons (Fsp3) is 0.490. The van der Waals surface area contributed by atoms with Crippen LogP contribution in [0.15, 0.2) is 53.8 Å². The number of anilines is 1. The quantitative estimate of drug-likeness (QED) is 0.110. The average Bonchev–Trinajstić information content (AvgIpc) is 4.10. The van der Waals surface area contributed by atoms with Crippen LogP contribution in [-0.2, 0) is 16.0 Å². The molecule has 14 nitrogen and oxygen atoms in total. The van der Waals surface area contributed by atoms with Gasteiger partial charge >= 0.3 is 0 Å². The lowest BCUT2D eigenvalue weighted by molar-refractivity contribution is -0.366. The minimum Gasteiger partial charge on any atom is -0.507 e. The van der Waals surface area contributed by atoms with Crippen LogP contribution < -0.4 is 10.1 Å². The normalized spacial score (nSPS) is 36.9. The Labute approximate surface area is 373 Å². The summed E-state index contributed by atoms with van der Waals surface area (Å²) in [5, 5.41) is 80.2. The first-order valence-electron chi connectivity index (χ1n) is 23.3. The van der Waals surface area contributed by atoms with Crippen molar-refractivity contribution >= 4 is 40.0 Å². The molecule has 4 aromatic rings. The minimum absolute atomic E-state index is 0.000832. The molecule has 1 saturated heterocycles. The van der Waals surface area contributed by atoms with Crippen LogP contribution in [0.3, 0.4) is 0 Å². The molecule has 3 saturated carbocycles. The van der Waals surface area contributed by atoms with Crippen LogP contribution in [0.2, 0.25) is 0 Å². The Morgan fingerprint density at radius 1 is 0.908 bits per heavy atom. The zero-order valence-electron chi connectivity index (χ0n) is 35.9. The molecule has 14 heteroatoms. The van der Waals surface area contributed by atoms with E-state index in [1.165, 1.54) is 18.3 Å². The molecule has 2 aromatic carbocycles. The second-order valence-electron chi connectivity index (χ2n) is 21.0. The first kappa shape index (κ1) is 40.1. The Morgan fingerprint density at radius 3 is 2.52 bits per heavy atom. The lowest BCUT2D eigenvalue weighted by Crippen LogP contribution is -2.78. The number of aryl methyl sites for hydroxylation is 1. The van der Waals surface area contributed by atoms with Gasteiger partial charge in [-0.05, 0) is 128 Å². The number of carbonyl (C=O) groups is 3. The number of aliphatic hydroxyl groups is 5. The topological polar surface area (TPSA) is 232 Å². The van der Waals surface area contributed by atoms with Crippen molar-refractivity contribution in [2.75, 3.05) is 11.9 Å². The van der Waals surface area contributed by atoms with E-state index in [0.717, 1.165) is 55.9 Å². The number of hydrogen-bond acceptors (Lipinski definition) is 13. The lowest BCUT2D eigenvalue weighted by Gasteiger charge is -2.64. The number of ether oxygens (including phenoxy) is 2. The van der Waals surface area contributed by atoms with Gasteiger partial charge in [0, 0.05) is 63.5 Å². The Kier molecular flexibility index (Phi) is 8.03. The number of aromatic nitrogens is 2. The van der Waals surface area contributed by atoms with Crippen LogP contribution >= 0.6 is 0 Å². The molecule has 14 rings (SSSR count). The Hall–Kier alpha value is -5.22. The molecule has 0 unspecified atom stereocenters. The summed E-state index contributed by atoms with van der Waals surface area (Å²) >= 11 is 0. The second-order valence-corrected chi connectivity index (χ2v) is 21.0. The van der Waals surface area contributed by atoms with Gasteiger partial charge in [-0.1, -0.05) is 24.8 Å². The molecule has 65 heavy (non-hydrogen) atoms. The van der Waals surface area contributed by atoms with Gasteiger partial charge in [0.1, 0.15) is 35.8 Å². The number of H-pyrrole nitrogens is 1. The summed E-state index contributed by atoms with van der Waals surface area (Å²) in [6.07, 6.45) is 3.97. The van der Waals surface area contributed by atoms with Crippen LogP contribution in [0.1, 0.15) is 131 Å². The summed E-state index contributed by atoms with van der Waals surface area (Å²) in [5.74, 6) is -4.41. The highest BCUT2D eigenvalue weighted by molar-refractivity contribution is 6.34. The Balaban J connectivity index is 1.16. The molecule has 6 heterocycles. The maximum absolute atomic E-state index is 15.0. The fourth-order valence-electron chi connectivity index (χ4n) is 15.3. The number of aliphatic hydroxyl groups excluding tert-OH is 5. The third kappa shape index (κ3) is 4.80. The number of ketones is 2. The van der Waals surface area contributed by atoms with E-state index in [4.69, 9.17) is 14.5 Å². The molecule has 6 aliphatic carbocycles. The number of carbonyl (C=O) groups excluding carboxylic acids is 3. The molecule has 336 valence electrons. The van der Waals surface area contributed by atoms with Crippen molar-refractivity contribution < 1.29 is 54.5 Å². The summed E-state index contributed by atoms with van der Waals surface area (Å²) in [7, 11) is 0. The van der Waals surface area contributed by atoms with Gasteiger partial charge < -0.3 is 55.2 Å². The van der Waals surface area contributed by atoms with E-state index in [-0.39, 0.29) is 52.3 Å². The molecule has 4 fully saturated rings. The first-order chi connectivity index (χ1) is 31.2. The standard InChI is InChI=1S/C51H51N3O11/c1-23-15-28-35(32(56)16-23)41(59)37-33-18-26-25(36(37)40(28)58)6-13-52-45(26)53-21-34(57)49-10-4-5-30(49)27-17-24(7-14-55)54-39(27)29-19-50(64-33)43(61)42(60)44(62)51(65-50)38(29)31(49)20-48(46(51)63)12-11-47(22-48)8-2-3-9-47/h6,13-19,30,34,42-44,46,54,56-57,60-63H,2-5,7-12,20-22H2,1H3,(H,52,53)/t30-,34-,42-,43-,44+,46-,48+,49+,50-,51+/m1/s1. The zero-order chi connectivity index (χ0) is 44.7. The van der Waals surface area contributed by atoms with Crippen molar-refractivity contribution in [2.45, 2.75) is 132 Å². The van der Waals surface area contributed by atoms with Gasteiger partial charge in [-0.25, -0.2) is 4.98 Å². The van der Waals surface area contributed by atoms with Crippen LogP contribution in [0.5, 0.6) is 11.5 Å². The third-order valence-corrected chi connectivity index (χ3v) is 17.9. The highest BCUT2D eigenvalue weighted by atomic mass is 16.7. The third-order valence-electron chi connectivity index (χ3n) is 17.9. The van der Waals surface area contributed by atoms with Crippen molar-refractivity contribution in [3.05, 3.63) is 98.5 Å². The Morgan fingerprint density at radius 2 is 1.72 bits per heavy atom. The SMILES string of the molecule is Cc1cc(O)c2c(c1)C(=O)c1c(c3cc4c(nccc14)NC[C@@H](O)[C@@]14CCC[C@@H]1c1cc(CC=O)[nH]c1C1=C[C@@]5(O3)O[C@@]3(C1=C4C[C@]1(CCC4(CCCC4)C1)[C@H]3O)[C@@H](O)[C@H](O)[C@H]5O)C2=O. The number of nitrogens with zero attached hydrogens (tertiary/aromatic N) is 1. The molecule has 2 aromatic heterocycles. The lowest BCUT2D eigenvalue weighted by atomic mass is 9.51. The maximum Gasteiger partial charge on any atom is 0.261 e. The van der Waals surface area contributed by atoms with Crippen molar-refractivity contribution in [1.29, 1.82) is 0 Å². The van der Waals surface area contributed by atoms with Gasteiger partial charge in [0.25, 0.3) is 5.79 Å². The van der Waals surface area contributed by atoms with Gasteiger partial charge in [0.2, 0.25) is 5.78 Å². The van der Waals surface area contributed by atoms with Crippen molar-refractivity contribution in [3.63, 3.8) is 0 Å². The number of aldehydes is 1. The van der Waals surface area contributed by atoms with E-state index in [1.54, 1.807) is 25.1 Å². The number of phenols is 1. The van der Waals surface area contributed by atoms with E-state index in [1.807, 2.05) is 6.07 Å². The van der Waals surface area contributed by atoms with E-state index < -0.39 is 70.1 Å². The van der Waals surface area contributed by atoms with E-state index in [9.17, 15) is 40.2 Å². The monoisotopic (exact) mass is 881 g/mol. The van der Waals surface area contributed by atoms with E-state index in [0.29, 0.717) is 76.8 Å². The molecular formula is C51H51N3O11. The molecule has 0 radical (unpaired) electrons. The number of hydrogen-bond donors (Lipinski definition) is 8. The van der Waals surface area contributed by atoms with Gasteiger partial charge in [0.05, 0.1) is 23.3 Å². The molecule has 10 aliphatic rings. The summed E-state index contributed by atoms with van der Waals surface area (Å²) in [4.78, 5) is 50.3. The fourth-order valence-corrected chi connectivity index (χ4v) is 15.3. The number of fused-ring (bicyclic) bond motifs is 7. The van der Waals surface area contributed by atoms with Gasteiger partial charge in [-0.15, -0.1) is 0 Å². The highest BCUT2D eigenvalue weighted by Crippen LogP contribution is 2.73. The molecule has 8 bridgehead atoms. The predicted molar refractivity (Wildman–Crippen MR) is 234 cm³/mol. The smallest absolute Gasteiger partial charge is 0.261 e.